The number of rotatable bonds is 3. The molecular formula is C17H19N3O. The maximum atomic E-state index is 9.72. The Balaban J connectivity index is 1.78. The summed E-state index contributed by atoms with van der Waals surface area (Å²) in [6.07, 6.45) is 3.77. The second kappa shape index (κ2) is 6.11. The quantitative estimate of drug-likeness (QED) is 0.907. The molecule has 1 aliphatic carbocycles. The van der Waals surface area contributed by atoms with E-state index in [1.807, 2.05) is 30.3 Å². The van der Waals surface area contributed by atoms with Crippen molar-refractivity contribution < 1.29 is 5.11 Å². The molecule has 0 saturated heterocycles. The van der Waals surface area contributed by atoms with E-state index in [0.29, 0.717) is 17.3 Å². The average molecular weight is 281 g/mol. The van der Waals surface area contributed by atoms with E-state index in [9.17, 15) is 10.4 Å². The third-order valence-electron chi connectivity index (χ3n) is 4.16. The number of hydrogen-bond acceptors (Lipinski definition) is 4. The van der Waals surface area contributed by atoms with Crippen LogP contribution < -0.4 is 5.32 Å². The first-order chi connectivity index (χ1) is 10.3. The molecular weight excluding hydrogens is 262 g/mol. The van der Waals surface area contributed by atoms with E-state index in [1.165, 1.54) is 0 Å². The van der Waals surface area contributed by atoms with Crippen molar-refractivity contribution in [3.63, 3.8) is 0 Å². The summed E-state index contributed by atoms with van der Waals surface area (Å²) in [6.45, 7) is 0.761. The van der Waals surface area contributed by atoms with Gasteiger partial charge in [-0.25, -0.2) is 4.98 Å². The molecule has 1 saturated carbocycles. The standard InChI is InChI=1S/C17H19N3O/c18-10-14-9-13-5-1-2-7-16(13)20-17(14)19-11-12-4-3-6-15(21)8-12/h1-2,5,7,9,12,15,21H,3-4,6,8,11H2,(H,19,20). The highest BCUT2D eigenvalue weighted by molar-refractivity contribution is 5.82. The summed E-state index contributed by atoms with van der Waals surface area (Å²) in [5.41, 5.74) is 1.47. The minimum absolute atomic E-state index is 0.175. The summed E-state index contributed by atoms with van der Waals surface area (Å²) in [5.74, 6) is 1.10. The van der Waals surface area contributed by atoms with Crippen LogP contribution in [0.5, 0.6) is 0 Å². The van der Waals surface area contributed by atoms with Crippen molar-refractivity contribution in [1.29, 1.82) is 5.26 Å². The third-order valence-corrected chi connectivity index (χ3v) is 4.16. The highest BCUT2D eigenvalue weighted by Crippen LogP contribution is 2.25. The van der Waals surface area contributed by atoms with Crippen molar-refractivity contribution >= 4 is 16.7 Å². The highest BCUT2D eigenvalue weighted by Gasteiger charge is 2.20. The number of pyridine rings is 1. The topological polar surface area (TPSA) is 68.9 Å². The monoisotopic (exact) mass is 281 g/mol. The van der Waals surface area contributed by atoms with Crippen molar-refractivity contribution in [2.45, 2.75) is 31.8 Å². The zero-order chi connectivity index (χ0) is 14.7. The fourth-order valence-electron chi connectivity index (χ4n) is 3.02. The molecule has 0 radical (unpaired) electrons. The van der Waals surface area contributed by atoms with Gasteiger partial charge in [0.15, 0.2) is 0 Å². The van der Waals surface area contributed by atoms with E-state index in [-0.39, 0.29) is 6.10 Å². The lowest BCUT2D eigenvalue weighted by Gasteiger charge is -2.26. The van der Waals surface area contributed by atoms with Crippen LogP contribution in [0.25, 0.3) is 10.9 Å². The molecule has 1 heterocycles. The number of benzene rings is 1. The molecule has 2 aromatic rings. The number of aromatic nitrogens is 1. The molecule has 0 bridgehead atoms. The summed E-state index contributed by atoms with van der Waals surface area (Å²) in [6, 6.07) is 11.9. The van der Waals surface area contributed by atoms with Gasteiger partial charge < -0.3 is 10.4 Å². The van der Waals surface area contributed by atoms with Crippen molar-refractivity contribution in [3.05, 3.63) is 35.9 Å². The zero-order valence-corrected chi connectivity index (χ0v) is 11.9. The van der Waals surface area contributed by atoms with Gasteiger partial charge in [0.05, 0.1) is 17.2 Å². The van der Waals surface area contributed by atoms with E-state index in [4.69, 9.17) is 0 Å². The maximum absolute atomic E-state index is 9.72. The third kappa shape index (κ3) is 3.14. The lowest BCUT2D eigenvalue weighted by molar-refractivity contribution is 0.104. The van der Waals surface area contributed by atoms with Gasteiger partial charge in [-0.3, -0.25) is 0 Å². The average Bonchev–Trinajstić information content (AvgIpc) is 2.52. The van der Waals surface area contributed by atoms with Gasteiger partial charge in [-0.1, -0.05) is 24.6 Å². The van der Waals surface area contributed by atoms with E-state index in [1.54, 1.807) is 0 Å². The second-order valence-corrected chi connectivity index (χ2v) is 5.76. The van der Waals surface area contributed by atoms with Crippen LogP contribution in [0.15, 0.2) is 30.3 Å². The predicted molar refractivity (Wildman–Crippen MR) is 82.9 cm³/mol. The molecule has 1 aromatic heterocycles. The molecule has 1 aromatic carbocycles. The fraction of sp³-hybridized carbons (Fsp3) is 0.412. The largest absolute Gasteiger partial charge is 0.393 e. The fourth-order valence-corrected chi connectivity index (χ4v) is 3.02. The number of hydrogen-bond donors (Lipinski definition) is 2. The molecule has 4 nitrogen and oxygen atoms in total. The number of nitriles is 1. The smallest absolute Gasteiger partial charge is 0.144 e. The molecule has 1 fully saturated rings. The number of aliphatic hydroxyl groups excluding tert-OH is 1. The summed E-state index contributed by atoms with van der Waals surface area (Å²) in [5, 5.41) is 23.3. The van der Waals surface area contributed by atoms with Gasteiger partial charge in [0.1, 0.15) is 11.9 Å². The van der Waals surface area contributed by atoms with Crippen molar-refractivity contribution in [2.24, 2.45) is 5.92 Å². The summed E-state index contributed by atoms with van der Waals surface area (Å²) < 4.78 is 0. The van der Waals surface area contributed by atoms with Crippen molar-refractivity contribution in [3.8, 4) is 6.07 Å². The summed E-state index contributed by atoms with van der Waals surface area (Å²) in [4.78, 5) is 4.55. The van der Waals surface area contributed by atoms with Crippen LogP contribution in [0.1, 0.15) is 31.2 Å². The van der Waals surface area contributed by atoms with Crippen LogP contribution in [0, 0.1) is 17.2 Å². The Labute approximate surface area is 124 Å². The first-order valence-electron chi connectivity index (χ1n) is 7.48. The zero-order valence-electron chi connectivity index (χ0n) is 11.9. The molecule has 0 aliphatic heterocycles. The van der Waals surface area contributed by atoms with Gasteiger partial charge in [-0.2, -0.15) is 5.26 Å². The number of aliphatic hydroxyl groups is 1. The maximum Gasteiger partial charge on any atom is 0.144 e. The van der Waals surface area contributed by atoms with Crippen LogP contribution in [0.2, 0.25) is 0 Å². The Bertz CT molecular complexity index is 677. The molecule has 4 heteroatoms. The second-order valence-electron chi connectivity index (χ2n) is 5.76. The molecule has 0 spiro atoms. The van der Waals surface area contributed by atoms with Crippen LogP contribution in [-0.2, 0) is 0 Å². The van der Waals surface area contributed by atoms with Gasteiger partial charge in [-0.05, 0) is 37.3 Å². The van der Waals surface area contributed by atoms with E-state index < -0.39 is 0 Å². The minimum atomic E-state index is -0.175. The van der Waals surface area contributed by atoms with Crippen molar-refractivity contribution in [1.82, 2.24) is 4.98 Å². The molecule has 0 amide bonds. The number of anilines is 1. The normalized spacial score (nSPS) is 21.9. The minimum Gasteiger partial charge on any atom is -0.393 e. The molecule has 3 rings (SSSR count). The first kappa shape index (κ1) is 13.8. The van der Waals surface area contributed by atoms with Crippen LogP contribution in [0.3, 0.4) is 0 Å². The predicted octanol–water partition coefficient (Wildman–Crippen LogP) is 3.07. The Hall–Kier alpha value is -2.12. The van der Waals surface area contributed by atoms with Gasteiger partial charge in [0.2, 0.25) is 0 Å². The molecule has 2 unspecified atom stereocenters. The summed E-state index contributed by atoms with van der Waals surface area (Å²) >= 11 is 0. The van der Waals surface area contributed by atoms with E-state index in [0.717, 1.165) is 43.1 Å². The lowest BCUT2D eigenvalue weighted by Crippen LogP contribution is -2.25. The molecule has 108 valence electrons. The molecule has 1 aliphatic rings. The van der Waals surface area contributed by atoms with Gasteiger partial charge in [0.25, 0.3) is 0 Å². The number of fused-ring (bicyclic) bond motifs is 1. The van der Waals surface area contributed by atoms with E-state index in [2.05, 4.69) is 16.4 Å². The molecule has 2 atom stereocenters. The number of para-hydroxylation sites is 1. The van der Waals surface area contributed by atoms with E-state index >= 15 is 0 Å². The first-order valence-corrected chi connectivity index (χ1v) is 7.48. The molecule has 2 N–H and O–H groups in total. The Morgan fingerprint density at radius 3 is 3.00 bits per heavy atom. The lowest BCUT2D eigenvalue weighted by atomic mass is 9.87. The number of nitrogens with one attached hydrogen (secondary N) is 1. The van der Waals surface area contributed by atoms with Gasteiger partial charge in [-0.15, -0.1) is 0 Å². The SMILES string of the molecule is N#Cc1cc2ccccc2nc1NCC1CCCC(O)C1. The van der Waals surface area contributed by atoms with Gasteiger partial charge in [0, 0.05) is 11.9 Å². The molecule has 21 heavy (non-hydrogen) atoms. The summed E-state index contributed by atoms with van der Waals surface area (Å²) in [7, 11) is 0. The van der Waals surface area contributed by atoms with Gasteiger partial charge >= 0.3 is 0 Å². The highest BCUT2D eigenvalue weighted by atomic mass is 16.3. The Morgan fingerprint density at radius 2 is 2.19 bits per heavy atom. The number of nitrogens with zero attached hydrogens (tertiary/aromatic N) is 2. The van der Waals surface area contributed by atoms with Crippen LogP contribution in [-0.4, -0.2) is 22.7 Å². The van der Waals surface area contributed by atoms with Crippen LogP contribution >= 0.6 is 0 Å². The Kier molecular flexibility index (Phi) is 4.03. The Morgan fingerprint density at radius 1 is 1.33 bits per heavy atom. The van der Waals surface area contributed by atoms with Crippen molar-refractivity contribution in [2.75, 3.05) is 11.9 Å². The van der Waals surface area contributed by atoms with Crippen LogP contribution in [0.4, 0.5) is 5.82 Å².